The third-order valence-electron chi connectivity index (χ3n) is 2.25. The Morgan fingerprint density at radius 1 is 1.71 bits per heavy atom. The zero-order chi connectivity index (χ0) is 10.4. The smallest absolute Gasteiger partial charge is 0.248 e. The summed E-state index contributed by atoms with van der Waals surface area (Å²) in [5.74, 6) is 0.0187. The largest absolute Gasteiger partial charge is 0.396 e. The minimum Gasteiger partial charge on any atom is -0.396 e. The Labute approximate surface area is 84.2 Å². The molecule has 1 aliphatic rings. The summed E-state index contributed by atoms with van der Waals surface area (Å²) in [5.41, 5.74) is 0. The van der Waals surface area contributed by atoms with Crippen LogP contribution in [0.5, 0.6) is 0 Å². The van der Waals surface area contributed by atoms with E-state index in [2.05, 4.69) is 6.58 Å². The quantitative estimate of drug-likeness (QED) is 0.642. The number of aliphatic hydroxyl groups is 1. The number of nitrogens with zero attached hydrogens (tertiary/aromatic N) is 1. The number of carbonyl (C=O) groups excluding carboxylic acids is 1. The molecule has 1 fully saturated rings. The first kappa shape index (κ1) is 11.2. The van der Waals surface area contributed by atoms with Gasteiger partial charge in [0, 0.05) is 19.7 Å². The number of morpholine rings is 1. The lowest BCUT2D eigenvalue weighted by Gasteiger charge is -2.31. The molecule has 0 saturated carbocycles. The highest BCUT2D eigenvalue weighted by atomic mass is 16.5. The van der Waals surface area contributed by atoms with Crippen LogP contribution < -0.4 is 0 Å². The maximum atomic E-state index is 11.3. The van der Waals surface area contributed by atoms with Gasteiger partial charge < -0.3 is 14.7 Å². The van der Waals surface area contributed by atoms with Gasteiger partial charge in [-0.05, 0) is 12.8 Å². The molecule has 1 rings (SSSR count). The third kappa shape index (κ3) is 3.12. The molecule has 80 valence electrons. The van der Waals surface area contributed by atoms with Crippen molar-refractivity contribution in [3.63, 3.8) is 0 Å². The Balaban J connectivity index is 2.36. The normalized spacial score (nSPS) is 22.5. The van der Waals surface area contributed by atoms with Crippen LogP contribution in [0.15, 0.2) is 12.7 Å². The van der Waals surface area contributed by atoms with Gasteiger partial charge in [0.25, 0.3) is 0 Å². The summed E-state index contributed by atoms with van der Waals surface area (Å²) in [4.78, 5) is 13.0. The highest BCUT2D eigenvalue weighted by molar-refractivity contribution is 5.78. The molecule has 0 aliphatic carbocycles. The molecule has 1 heterocycles. The van der Waals surface area contributed by atoms with Gasteiger partial charge >= 0.3 is 0 Å². The number of aliphatic hydroxyl groups excluding tert-OH is 1. The van der Waals surface area contributed by atoms with Crippen LogP contribution in [0.2, 0.25) is 0 Å². The van der Waals surface area contributed by atoms with Gasteiger partial charge in [-0.15, -0.1) is 6.58 Å². The number of hydrogen-bond acceptors (Lipinski definition) is 3. The van der Waals surface area contributed by atoms with Crippen LogP contribution in [0.4, 0.5) is 0 Å². The van der Waals surface area contributed by atoms with Gasteiger partial charge in [-0.1, -0.05) is 6.08 Å². The fraction of sp³-hybridized carbons (Fsp3) is 0.700. The summed E-state index contributed by atoms with van der Waals surface area (Å²) in [5, 5.41) is 8.67. The van der Waals surface area contributed by atoms with Crippen molar-refractivity contribution in [1.82, 2.24) is 4.90 Å². The lowest BCUT2D eigenvalue weighted by atomic mass is 10.1. The summed E-state index contributed by atoms with van der Waals surface area (Å²) in [6.07, 6.45) is 3.31. The van der Waals surface area contributed by atoms with Crippen LogP contribution in [-0.2, 0) is 9.53 Å². The molecule has 1 unspecified atom stereocenters. The molecule has 1 saturated heterocycles. The molecule has 14 heavy (non-hydrogen) atoms. The Morgan fingerprint density at radius 3 is 3.14 bits per heavy atom. The summed E-state index contributed by atoms with van der Waals surface area (Å²) in [6, 6.07) is 0. The van der Waals surface area contributed by atoms with E-state index in [1.165, 1.54) is 0 Å². The Hall–Kier alpha value is -0.870. The molecule has 0 radical (unpaired) electrons. The van der Waals surface area contributed by atoms with E-state index in [0.717, 1.165) is 12.8 Å². The fourth-order valence-electron chi connectivity index (χ4n) is 1.51. The van der Waals surface area contributed by atoms with Crippen molar-refractivity contribution in [2.75, 3.05) is 26.3 Å². The van der Waals surface area contributed by atoms with Crippen molar-refractivity contribution in [3.05, 3.63) is 12.7 Å². The maximum Gasteiger partial charge on any atom is 0.248 e. The average Bonchev–Trinajstić information content (AvgIpc) is 2.19. The second-order valence-electron chi connectivity index (χ2n) is 3.39. The van der Waals surface area contributed by atoms with Gasteiger partial charge in [-0.25, -0.2) is 0 Å². The number of ether oxygens (including phenoxy) is 1. The standard InChI is InChI=1S/C10H17NO3/c1-2-5-11-7-9(4-3-6-12)14-8-10(11)13/h2,9,12H,1,3-8H2. The van der Waals surface area contributed by atoms with Gasteiger partial charge in [0.1, 0.15) is 6.61 Å². The highest BCUT2D eigenvalue weighted by Gasteiger charge is 2.24. The second-order valence-corrected chi connectivity index (χ2v) is 3.39. The van der Waals surface area contributed by atoms with Gasteiger partial charge in [-0.2, -0.15) is 0 Å². The van der Waals surface area contributed by atoms with Crippen molar-refractivity contribution in [2.24, 2.45) is 0 Å². The van der Waals surface area contributed by atoms with Crippen molar-refractivity contribution >= 4 is 5.91 Å². The SMILES string of the molecule is C=CCN1CC(CCCO)OCC1=O. The third-order valence-corrected chi connectivity index (χ3v) is 2.25. The van der Waals surface area contributed by atoms with E-state index in [-0.39, 0.29) is 25.2 Å². The molecular weight excluding hydrogens is 182 g/mol. The van der Waals surface area contributed by atoms with E-state index in [9.17, 15) is 4.79 Å². The Morgan fingerprint density at radius 2 is 2.50 bits per heavy atom. The van der Waals surface area contributed by atoms with Crippen molar-refractivity contribution in [1.29, 1.82) is 0 Å². The topological polar surface area (TPSA) is 49.8 Å². The van der Waals surface area contributed by atoms with Crippen LogP contribution in [0.3, 0.4) is 0 Å². The molecule has 1 amide bonds. The van der Waals surface area contributed by atoms with E-state index in [1.54, 1.807) is 11.0 Å². The van der Waals surface area contributed by atoms with Crippen molar-refractivity contribution in [3.8, 4) is 0 Å². The van der Waals surface area contributed by atoms with Gasteiger partial charge in [-0.3, -0.25) is 4.79 Å². The van der Waals surface area contributed by atoms with Crippen LogP contribution >= 0.6 is 0 Å². The average molecular weight is 199 g/mol. The summed E-state index contributed by atoms with van der Waals surface area (Å²) < 4.78 is 5.33. The molecule has 1 N–H and O–H groups in total. The number of amides is 1. The molecule has 0 aromatic carbocycles. The summed E-state index contributed by atoms with van der Waals surface area (Å²) in [6.45, 7) is 5.13. The zero-order valence-corrected chi connectivity index (χ0v) is 8.32. The highest BCUT2D eigenvalue weighted by Crippen LogP contribution is 2.10. The first-order valence-electron chi connectivity index (χ1n) is 4.89. The Bertz CT molecular complexity index is 206. The van der Waals surface area contributed by atoms with Crippen LogP contribution in [0, 0.1) is 0 Å². The van der Waals surface area contributed by atoms with Gasteiger partial charge in [0.2, 0.25) is 5.91 Å². The first-order chi connectivity index (χ1) is 6.77. The van der Waals surface area contributed by atoms with Crippen LogP contribution in [0.1, 0.15) is 12.8 Å². The number of hydrogen-bond donors (Lipinski definition) is 1. The van der Waals surface area contributed by atoms with E-state index in [4.69, 9.17) is 9.84 Å². The lowest BCUT2D eigenvalue weighted by Crippen LogP contribution is -2.46. The van der Waals surface area contributed by atoms with Crippen molar-refractivity contribution < 1.29 is 14.6 Å². The summed E-state index contributed by atoms with van der Waals surface area (Å²) >= 11 is 0. The van der Waals surface area contributed by atoms with E-state index >= 15 is 0 Å². The molecule has 1 atom stereocenters. The number of carbonyl (C=O) groups is 1. The second kappa shape index (κ2) is 5.78. The number of rotatable bonds is 5. The molecule has 0 aromatic heterocycles. The molecule has 0 aromatic rings. The van der Waals surface area contributed by atoms with Crippen LogP contribution in [-0.4, -0.2) is 48.3 Å². The fourth-order valence-corrected chi connectivity index (χ4v) is 1.51. The molecule has 4 nitrogen and oxygen atoms in total. The molecule has 4 heteroatoms. The molecular formula is C10H17NO3. The minimum atomic E-state index is 0.0187. The maximum absolute atomic E-state index is 11.3. The van der Waals surface area contributed by atoms with Crippen molar-refractivity contribution in [2.45, 2.75) is 18.9 Å². The first-order valence-corrected chi connectivity index (χ1v) is 4.89. The molecule has 0 bridgehead atoms. The van der Waals surface area contributed by atoms with E-state index in [0.29, 0.717) is 13.1 Å². The van der Waals surface area contributed by atoms with Gasteiger partial charge in [0.05, 0.1) is 6.10 Å². The van der Waals surface area contributed by atoms with Gasteiger partial charge in [0.15, 0.2) is 0 Å². The Kier molecular flexibility index (Phi) is 4.62. The zero-order valence-electron chi connectivity index (χ0n) is 8.32. The van der Waals surface area contributed by atoms with Crippen LogP contribution in [0.25, 0.3) is 0 Å². The lowest BCUT2D eigenvalue weighted by molar-refractivity contribution is -0.148. The minimum absolute atomic E-state index is 0.0187. The summed E-state index contributed by atoms with van der Waals surface area (Å²) in [7, 11) is 0. The predicted molar refractivity (Wildman–Crippen MR) is 52.8 cm³/mol. The molecule has 0 spiro atoms. The monoisotopic (exact) mass is 199 g/mol. The van der Waals surface area contributed by atoms with E-state index < -0.39 is 0 Å². The molecule has 1 aliphatic heterocycles. The van der Waals surface area contributed by atoms with E-state index in [1.807, 2.05) is 0 Å². The predicted octanol–water partition coefficient (Wildman–Crippen LogP) is 0.172.